The van der Waals surface area contributed by atoms with E-state index < -0.39 is 0 Å². The van der Waals surface area contributed by atoms with Crippen molar-refractivity contribution in [3.05, 3.63) is 70.0 Å². The molecule has 1 aromatic carbocycles. The molecule has 0 N–H and O–H groups in total. The van der Waals surface area contributed by atoms with Crippen molar-refractivity contribution >= 4 is 28.9 Å². The lowest BCUT2D eigenvalue weighted by Crippen LogP contribution is -2.10. The van der Waals surface area contributed by atoms with Gasteiger partial charge in [-0.3, -0.25) is 9.56 Å². The summed E-state index contributed by atoms with van der Waals surface area (Å²) in [5.41, 5.74) is 3.02. The third kappa shape index (κ3) is 2.10. The second-order valence-electron chi connectivity index (χ2n) is 4.76. The van der Waals surface area contributed by atoms with Crippen molar-refractivity contribution in [3.8, 4) is 5.69 Å². The summed E-state index contributed by atoms with van der Waals surface area (Å²) in [6.07, 6.45) is 1.65. The second kappa shape index (κ2) is 5.19. The molecule has 1 aliphatic rings. The van der Waals surface area contributed by atoms with Gasteiger partial charge in [-0.2, -0.15) is 0 Å². The van der Waals surface area contributed by atoms with E-state index in [1.54, 1.807) is 12.4 Å². The molecule has 0 atom stereocenters. The summed E-state index contributed by atoms with van der Waals surface area (Å²) < 4.78 is 1.87. The highest BCUT2D eigenvalue weighted by Crippen LogP contribution is 2.27. The number of aromatic nitrogens is 4. The summed E-state index contributed by atoms with van der Waals surface area (Å²) in [4.78, 5) is 9.09. The highest BCUT2D eigenvalue weighted by molar-refractivity contribution is 6.35. The van der Waals surface area contributed by atoms with Crippen molar-refractivity contribution in [1.29, 1.82) is 0 Å². The van der Waals surface area contributed by atoms with Gasteiger partial charge in [-0.05, 0) is 18.2 Å². The molecule has 0 amide bonds. The molecule has 3 heterocycles. The molecular formula is C15H9Cl2N5. The number of hydrogen-bond acceptors (Lipinski definition) is 4. The Balaban J connectivity index is 2.01. The van der Waals surface area contributed by atoms with Crippen molar-refractivity contribution in [1.82, 2.24) is 19.7 Å². The SMILES string of the molecule is Clc1ccc2c(n1)C(c1ccccc1Cl)=NCc1nncn1-2. The van der Waals surface area contributed by atoms with E-state index in [9.17, 15) is 0 Å². The lowest BCUT2D eigenvalue weighted by atomic mass is 10.1. The minimum atomic E-state index is 0.397. The first kappa shape index (κ1) is 13.4. The first-order valence-corrected chi connectivity index (χ1v) is 7.35. The fraction of sp³-hybridized carbons (Fsp3) is 0.0667. The molecule has 5 nitrogen and oxygen atoms in total. The van der Waals surface area contributed by atoms with E-state index >= 15 is 0 Å². The van der Waals surface area contributed by atoms with Gasteiger partial charge in [0, 0.05) is 5.56 Å². The zero-order valence-corrected chi connectivity index (χ0v) is 12.8. The summed E-state index contributed by atoms with van der Waals surface area (Å²) >= 11 is 12.4. The molecule has 0 unspecified atom stereocenters. The number of fused-ring (bicyclic) bond motifs is 3. The zero-order valence-electron chi connectivity index (χ0n) is 11.2. The van der Waals surface area contributed by atoms with Crippen LogP contribution in [0.15, 0.2) is 47.7 Å². The number of rotatable bonds is 1. The first-order valence-electron chi connectivity index (χ1n) is 6.59. The van der Waals surface area contributed by atoms with E-state index in [-0.39, 0.29) is 0 Å². The van der Waals surface area contributed by atoms with Gasteiger partial charge in [0.15, 0.2) is 5.82 Å². The van der Waals surface area contributed by atoms with E-state index in [2.05, 4.69) is 20.2 Å². The number of nitrogens with zero attached hydrogens (tertiary/aromatic N) is 5. The monoisotopic (exact) mass is 329 g/mol. The Kier molecular flexibility index (Phi) is 3.17. The fourth-order valence-corrected chi connectivity index (χ4v) is 2.83. The topological polar surface area (TPSA) is 56.0 Å². The standard InChI is InChI=1S/C15H9Cl2N5/c16-10-4-2-1-3-9(10)14-15-11(5-6-12(17)20-15)22-8-19-21-13(22)7-18-14/h1-6,8H,7H2. The van der Waals surface area contributed by atoms with Gasteiger partial charge >= 0.3 is 0 Å². The van der Waals surface area contributed by atoms with Crippen molar-refractivity contribution < 1.29 is 0 Å². The van der Waals surface area contributed by atoms with Gasteiger partial charge in [0.1, 0.15) is 23.7 Å². The van der Waals surface area contributed by atoms with Crippen LogP contribution in [0.1, 0.15) is 17.1 Å². The highest BCUT2D eigenvalue weighted by atomic mass is 35.5. The molecular weight excluding hydrogens is 321 g/mol. The van der Waals surface area contributed by atoms with Crippen LogP contribution in [0.4, 0.5) is 0 Å². The quantitative estimate of drug-likeness (QED) is 0.643. The largest absolute Gasteiger partial charge is 0.282 e. The van der Waals surface area contributed by atoms with E-state index in [4.69, 9.17) is 23.2 Å². The van der Waals surface area contributed by atoms with Crippen molar-refractivity contribution in [2.75, 3.05) is 0 Å². The molecule has 7 heteroatoms. The predicted octanol–water partition coefficient (Wildman–Crippen LogP) is 3.32. The Bertz CT molecular complexity index is 900. The molecule has 0 bridgehead atoms. The number of hydrogen-bond donors (Lipinski definition) is 0. The Labute approximate surface area is 136 Å². The number of benzene rings is 1. The van der Waals surface area contributed by atoms with Gasteiger partial charge in [-0.25, -0.2) is 4.98 Å². The lowest BCUT2D eigenvalue weighted by Gasteiger charge is -2.11. The van der Waals surface area contributed by atoms with Crippen LogP contribution in [-0.4, -0.2) is 25.5 Å². The molecule has 0 aliphatic carbocycles. The van der Waals surface area contributed by atoms with Gasteiger partial charge in [0.2, 0.25) is 0 Å². The van der Waals surface area contributed by atoms with Crippen LogP contribution < -0.4 is 0 Å². The first-order chi connectivity index (χ1) is 10.7. The van der Waals surface area contributed by atoms with Gasteiger partial charge in [0.25, 0.3) is 0 Å². The molecule has 0 saturated heterocycles. The van der Waals surface area contributed by atoms with Gasteiger partial charge in [0.05, 0.1) is 16.4 Å². The van der Waals surface area contributed by atoms with Crippen LogP contribution in [0, 0.1) is 0 Å². The lowest BCUT2D eigenvalue weighted by molar-refractivity contribution is 0.869. The molecule has 0 radical (unpaired) electrons. The Morgan fingerprint density at radius 2 is 1.91 bits per heavy atom. The van der Waals surface area contributed by atoms with Crippen molar-refractivity contribution in [3.63, 3.8) is 0 Å². The van der Waals surface area contributed by atoms with E-state index in [0.29, 0.717) is 28.1 Å². The van der Waals surface area contributed by atoms with Crippen LogP contribution in [0.5, 0.6) is 0 Å². The molecule has 2 aromatic heterocycles. The molecule has 108 valence electrons. The number of aliphatic imine (C=N–C) groups is 1. The summed E-state index contributed by atoms with van der Waals surface area (Å²) in [5, 5.41) is 9.06. The fourth-order valence-electron chi connectivity index (χ4n) is 2.46. The smallest absolute Gasteiger partial charge is 0.159 e. The molecule has 0 saturated carbocycles. The maximum atomic E-state index is 6.33. The average Bonchev–Trinajstić information content (AvgIpc) is 2.92. The van der Waals surface area contributed by atoms with Crippen LogP contribution in [0.3, 0.4) is 0 Å². The van der Waals surface area contributed by atoms with Gasteiger partial charge in [-0.1, -0.05) is 41.4 Å². The Morgan fingerprint density at radius 1 is 1.05 bits per heavy atom. The van der Waals surface area contributed by atoms with Gasteiger partial charge in [-0.15, -0.1) is 10.2 Å². The Hall–Kier alpha value is -2.24. The molecule has 22 heavy (non-hydrogen) atoms. The minimum Gasteiger partial charge on any atom is -0.282 e. The molecule has 0 fully saturated rings. The Morgan fingerprint density at radius 3 is 2.77 bits per heavy atom. The second-order valence-corrected chi connectivity index (χ2v) is 5.56. The maximum absolute atomic E-state index is 6.33. The summed E-state index contributed by atoms with van der Waals surface area (Å²) in [6, 6.07) is 11.2. The highest BCUT2D eigenvalue weighted by Gasteiger charge is 2.22. The summed E-state index contributed by atoms with van der Waals surface area (Å²) in [6.45, 7) is 0.397. The van der Waals surface area contributed by atoms with Crippen molar-refractivity contribution in [2.24, 2.45) is 4.99 Å². The number of pyridine rings is 1. The zero-order chi connectivity index (χ0) is 15.1. The van der Waals surface area contributed by atoms with E-state index in [1.807, 2.05) is 34.9 Å². The number of halogens is 2. The van der Waals surface area contributed by atoms with Gasteiger partial charge < -0.3 is 0 Å². The summed E-state index contributed by atoms with van der Waals surface area (Å²) in [7, 11) is 0. The van der Waals surface area contributed by atoms with E-state index in [0.717, 1.165) is 17.1 Å². The van der Waals surface area contributed by atoms with Crippen LogP contribution in [-0.2, 0) is 6.54 Å². The summed E-state index contributed by atoms with van der Waals surface area (Å²) in [5.74, 6) is 0.743. The van der Waals surface area contributed by atoms with E-state index in [1.165, 1.54) is 0 Å². The molecule has 0 spiro atoms. The van der Waals surface area contributed by atoms with Crippen LogP contribution >= 0.6 is 23.2 Å². The normalized spacial score (nSPS) is 13.1. The maximum Gasteiger partial charge on any atom is 0.159 e. The predicted molar refractivity (Wildman–Crippen MR) is 85.0 cm³/mol. The minimum absolute atomic E-state index is 0.397. The molecule has 4 rings (SSSR count). The average molecular weight is 330 g/mol. The van der Waals surface area contributed by atoms with Crippen molar-refractivity contribution in [2.45, 2.75) is 6.54 Å². The van der Waals surface area contributed by atoms with Crippen LogP contribution in [0.2, 0.25) is 10.2 Å². The molecule has 3 aromatic rings. The third-order valence-corrected chi connectivity index (χ3v) is 3.99. The third-order valence-electron chi connectivity index (χ3n) is 3.45. The van der Waals surface area contributed by atoms with Crippen LogP contribution in [0.25, 0.3) is 5.69 Å². The molecule has 1 aliphatic heterocycles.